The Kier molecular flexibility index (Phi) is 20.3. The summed E-state index contributed by atoms with van der Waals surface area (Å²) in [6, 6.07) is 8.01. The molecule has 3 aromatic rings. The number of halogens is 2. The summed E-state index contributed by atoms with van der Waals surface area (Å²) in [7, 11) is 0. The highest BCUT2D eigenvalue weighted by Crippen LogP contribution is 2.53. The molecule has 0 amide bonds. The van der Waals surface area contributed by atoms with Gasteiger partial charge in [-0.25, -0.2) is 0 Å². The second kappa shape index (κ2) is 24.2. The van der Waals surface area contributed by atoms with Gasteiger partial charge in [0.15, 0.2) is 0 Å². The van der Waals surface area contributed by atoms with E-state index in [0.29, 0.717) is 42.2 Å². The maximum absolute atomic E-state index is 7.08. The van der Waals surface area contributed by atoms with Gasteiger partial charge in [-0.15, -0.1) is 0 Å². The minimum Gasteiger partial charge on any atom is -0.493 e. The number of hydrogen-bond acceptors (Lipinski definition) is 4. The molecule has 3 rings (SSSR count). The van der Waals surface area contributed by atoms with Gasteiger partial charge in [0, 0.05) is 10.8 Å². The van der Waals surface area contributed by atoms with E-state index in [9.17, 15) is 0 Å². The molecule has 0 aromatic heterocycles. The molecule has 0 N–H and O–H groups in total. The lowest BCUT2D eigenvalue weighted by Gasteiger charge is -2.23. The van der Waals surface area contributed by atoms with Crippen LogP contribution in [-0.2, 0) is 0 Å². The Balaban J connectivity index is 2.13. The van der Waals surface area contributed by atoms with Crippen molar-refractivity contribution in [1.29, 1.82) is 0 Å². The summed E-state index contributed by atoms with van der Waals surface area (Å²) in [5.41, 5.74) is 0. The second-order valence-electron chi connectivity index (χ2n) is 13.3. The molecule has 0 bridgehead atoms. The molecule has 0 aliphatic heterocycles. The van der Waals surface area contributed by atoms with E-state index in [0.717, 1.165) is 90.2 Å². The molecule has 6 heteroatoms. The molecule has 0 saturated carbocycles. The molecule has 0 fully saturated rings. The molecule has 0 unspecified atom stereocenters. The van der Waals surface area contributed by atoms with Gasteiger partial charge >= 0.3 is 0 Å². The van der Waals surface area contributed by atoms with Gasteiger partial charge in [0.05, 0.1) is 47.2 Å². The van der Waals surface area contributed by atoms with Crippen LogP contribution >= 0.6 is 23.2 Å². The van der Waals surface area contributed by atoms with Crippen LogP contribution in [-0.4, -0.2) is 26.4 Å². The van der Waals surface area contributed by atoms with Crippen molar-refractivity contribution in [2.24, 2.45) is 0 Å². The van der Waals surface area contributed by atoms with E-state index in [2.05, 4.69) is 33.8 Å². The van der Waals surface area contributed by atoms with E-state index in [1.165, 1.54) is 77.0 Å². The quantitative estimate of drug-likeness (QED) is 0.0557. The summed E-state index contributed by atoms with van der Waals surface area (Å²) in [5.74, 6) is 3.08. The van der Waals surface area contributed by atoms with Crippen LogP contribution in [0.25, 0.3) is 21.5 Å². The van der Waals surface area contributed by atoms with Crippen molar-refractivity contribution < 1.29 is 18.9 Å². The Bertz CT molecular complexity index is 1320. The third-order valence-electron chi connectivity index (χ3n) is 9.15. The van der Waals surface area contributed by atoms with Gasteiger partial charge in [0.1, 0.15) is 23.0 Å². The monoisotopic (exact) mass is 702 g/mol. The highest BCUT2D eigenvalue weighted by molar-refractivity contribution is 6.46. The summed E-state index contributed by atoms with van der Waals surface area (Å²) in [6.07, 6.45) is 23.4. The number of benzene rings is 3. The Morgan fingerprint density at radius 1 is 0.396 bits per heavy atom. The molecule has 0 saturated heterocycles. The molecular formula is C42H64Cl2O4. The lowest BCUT2D eigenvalue weighted by atomic mass is 9.98. The Labute approximate surface area is 302 Å². The summed E-state index contributed by atoms with van der Waals surface area (Å²) < 4.78 is 26.7. The molecule has 48 heavy (non-hydrogen) atoms. The predicted molar refractivity (Wildman–Crippen MR) is 208 cm³/mol. The van der Waals surface area contributed by atoms with Gasteiger partial charge in [-0.05, 0) is 49.9 Å². The van der Waals surface area contributed by atoms with E-state index in [1.807, 2.05) is 18.2 Å². The first-order chi connectivity index (χ1) is 23.6. The molecule has 0 heterocycles. The smallest absolute Gasteiger partial charge is 0.140 e. The zero-order chi connectivity index (χ0) is 34.4. The SMILES string of the molecule is CCCCCCCOc1ccc(OCCCCCCC)c2c(OCCCCCCC)c3c(Cl)c(Cl)ccc3c(OCCCCCCC)c12. The van der Waals surface area contributed by atoms with Crippen LogP contribution in [0.2, 0.25) is 10.0 Å². The molecule has 0 aliphatic rings. The largest absolute Gasteiger partial charge is 0.493 e. The molecule has 0 atom stereocenters. The van der Waals surface area contributed by atoms with Crippen molar-refractivity contribution in [2.45, 2.75) is 156 Å². The maximum Gasteiger partial charge on any atom is 0.140 e. The molecule has 270 valence electrons. The molecule has 3 aromatic carbocycles. The van der Waals surface area contributed by atoms with Crippen LogP contribution in [0.3, 0.4) is 0 Å². The molecule has 0 aliphatic carbocycles. The normalized spacial score (nSPS) is 11.5. The highest BCUT2D eigenvalue weighted by atomic mass is 35.5. The van der Waals surface area contributed by atoms with Gasteiger partial charge in [-0.3, -0.25) is 0 Å². The van der Waals surface area contributed by atoms with Gasteiger partial charge in [0.2, 0.25) is 0 Å². The van der Waals surface area contributed by atoms with E-state index in [-0.39, 0.29) is 0 Å². The molecule has 0 radical (unpaired) electrons. The first-order valence-corrected chi connectivity index (χ1v) is 20.3. The lowest BCUT2D eigenvalue weighted by molar-refractivity contribution is 0.291. The second-order valence-corrected chi connectivity index (χ2v) is 14.1. The van der Waals surface area contributed by atoms with Gasteiger partial charge in [-0.2, -0.15) is 0 Å². The first kappa shape index (κ1) is 40.4. The van der Waals surface area contributed by atoms with E-state index in [1.54, 1.807) is 0 Å². The Hall–Kier alpha value is -2.04. The average molecular weight is 704 g/mol. The van der Waals surface area contributed by atoms with Crippen LogP contribution in [0.5, 0.6) is 23.0 Å². The third-order valence-corrected chi connectivity index (χ3v) is 9.95. The van der Waals surface area contributed by atoms with E-state index < -0.39 is 0 Å². The number of rotatable bonds is 28. The number of fused-ring (bicyclic) bond motifs is 2. The fraction of sp³-hybridized carbons (Fsp3) is 0.667. The van der Waals surface area contributed by atoms with Crippen LogP contribution < -0.4 is 18.9 Å². The number of ether oxygens (including phenoxy) is 4. The summed E-state index contributed by atoms with van der Waals surface area (Å²) >= 11 is 13.8. The minimum atomic E-state index is 0.484. The van der Waals surface area contributed by atoms with Crippen LogP contribution in [0.1, 0.15) is 156 Å². The molecule has 0 spiro atoms. The van der Waals surface area contributed by atoms with E-state index in [4.69, 9.17) is 42.1 Å². The summed E-state index contributed by atoms with van der Waals surface area (Å²) in [4.78, 5) is 0. The zero-order valence-electron chi connectivity index (χ0n) is 30.7. The third kappa shape index (κ3) is 12.7. The van der Waals surface area contributed by atoms with Crippen molar-refractivity contribution in [1.82, 2.24) is 0 Å². The van der Waals surface area contributed by atoms with E-state index >= 15 is 0 Å². The van der Waals surface area contributed by atoms with Gasteiger partial charge < -0.3 is 18.9 Å². The van der Waals surface area contributed by atoms with Crippen molar-refractivity contribution in [3.63, 3.8) is 0 Å². The van der Waals surface area contributed by atoms with Crippen LogP contribution in [0, 0.1) is 0 Å². The predicted octanol–water partition coefficient (Wildman–Crippen LogP) is 14.7. The first-order valence-electron chi connectivity index (χ1n) is 19.5. The van der Waals surface area contributed by atoms with Crippen molar-refractivity contribution in [2.75, 3.05) is 26.4 Å². The van der Waals surface area contributed by atoms with Gasteiger partial charge in [-0.1, -0.05) is 154 Å². The summed E-state index contributed by atoms with van der Waals surface area (Å²) in [6.45, 7) is 11.5. The standard InChI is InChI=1S/C42H64Cl2O4/c1-5-9-13-17-21-29-45-35-27-28-36(46-30-22-18-14-10-6-2)39-38(35)41(47-31-23-19-15-11-7-3)33-25-26-34(43)40(44)37(33)42(39)48-32-24-20-16-12-8-4/h25-28H,5-24,29-32H2,1-4H3. The minimum absolute atomic E-state index is 0.484. The fourth-order valence-corrected chi connectivity index (χ4v) is 6.71. The topological polar surface area (TPSA) is 36.9 Å². The lowest BCUT2D eigenvalue weighted by Crippen LogP contribution is -2.06. The molecular weight excluding hydrogens is 639 g/mol. The molecule has 4 nitrogen and oxygen atoms in total. The highest BCUT2D eigenvalue weighted by Gasteiger charge is 2.26. The van der Waals surface area contributed by atoms with Crippen molar-refractivity contribution in [3.05, 3.63) is 34.3 Å². The zero-order valence-corrected chi connectivity index (χ0v) is 32.2. The number of unbranched alkanes of at least 4 members (excludes halogenated alkanes) is 16. The summed E-state index contributed by atoms with van der Waals surface area (Å²) in [5, 5.41) is 4.45. The van der Waals surface area contributed by atoms with Crippen LogP contribution in [0.15, 0.2) is 24.3 Å². The Morgan fingerprint density at radius 2 is 0.771 bits per heavy atom. The number of hydrogen-bond donors (Lipinski definition) is 0. The average Bonchev–Trinajstić information content (AvgIpc) is 3.09. The fourth-order valence-electron chi connectivity index (χ4n) is 6.31. The van der Waals surface area contributed by atoms with Crippen molar-refractivity contribution in [3.8, 4) is 23.0 Å². The maximum atomic E-state index is 7.08. The van der Waals surface area contributed by atoms with Crippen LogP contribution in [0.4, 0.5) is 0 Å². The van der Waals surface area contributed by atoms with Crippen molar-refractivity contribution >= 4 is 44.7 Å². The Morgan fingerprint density at radius 3 is 1.21 bits per heavy atom. The van der Waals surface area contributed by atoms with Gasteiger partial charge in [0.25, 0.3) is 0 Å².